The Kier molecular flexibility index (Phi) is 6.70. The van der Waals surface area contributed by atoms with Crippen LogP contribution < -0.4 is 4.90 Å². The highest BCUT2D eigenvalue weighted by Crippen LogP contribution is 2.46. The number of fused-ring (bicyclic) bond motifs is 2. The van der Waals surface area contributed by atoms with Gasteiger partial charge in [-0.2, -0.15) is 8.78 Å². The fourth-order valence-corrected chi connectivity index (χ4v) is 6.15. The van der Waals surface area contributed by atoms with Crippen LogP contribution in [0, 0.1) is 6.92 Å². The van der Waals surface area contributed by atoms with Crippen LogP contribution in [0.25, 0.3) is 21.3 Å². The summed E-state index contributed by atoms with van der Waals surface area (Å²) in [5.74, 6) is -4.14. The third-order valence-electron chi connectivity index (χ3n) is 6.44. The molecular formula is C29H27ClF2N2O3S. The van der Waals surface area contributed by atoms with E-state index in [1.165, 1.54) is 17.4 Å². The quantitative estimate of drug-likeness (QED) is 0.270. The smallest absolute Gasteiger partial charge is 0.337 e. The fourth-order valence-electron chi connectivity index (χ4n) is 4.90. The van der Waals surface area contributed by atoms with Crippen LogP contribution in [-0.4, -0.2) is 28.2 Å². The zero-order valence-corrected chi connectivity index (χ0v) is 23.0. The predicted octanol–water partition coefficient (Wildman–Crippen LogP) is 7.98. The first-order valence-corrected chi connectivity index (χ1v) is 13.4. The lowest BCUT2D eigenvalue weighted by Crippen LogP contribution is -2.40. The van der Waals surface area contributed by atoms with Gasteiger partial charge >= 0.3 is 5.97 Å². The molecule has 2 heterocycles. The van der Waals surface area contributed by atoms with Crippen molar-refractivity contribution in [3.8, 4) is 11.1 Å². The van der Waals surface area contributed by atoms with Gasteiger partial charge in [0.25, 0.3) is 5.92 Å². The number of anilines is 1. The molecule has 1 N–H and O–H groups in total. The first-order chi connectivity index (χ1) is 17.8. The zero-order valence-electron chi connectivity index (χ0n) is 21.4. The molecule has 1 aromatic heterocycles. The second-order valence-corrected chi connectivity index (χ2v) is 11.9. The summed E-state index contributed by atoms with van der Waals surface area (Å²) < 4.78 is 36.9. The van der Waals surface area contributed by atoms with Gasteiger partial charge in [0.2, 0.25) is 0 Å². The predicted molar refractivity (Wildman–Crippen MR) is 147 cm³/mol. The molecule has 1 aliphatic heterocycles. The normalized spacial score (nSPS) is 15.9. The van der Waals surface area contributed by atoms with Gasteiger partial charge in [-0.15, -0.1) is 0 Å². The summed E-state index contributed by atoms with van der Waals surface area (Å²) in [5, 5.41) is 11.2. The minimum atomic E-state index is -3.03. The minimum Gasteiger partial charge on any atom is -0.479 e. The summed E-state index contributed by atoms with van der Waals surface area (Å²) in [5.41, 5.74) is 3.07. The van der Waals surface area contributed by atoms with Crippen molar-refractivity contribution >= 4 is 44.3 Å². The third kappa shape index (κ3) is 5.00. The topological polar surface area (TPSA) is 62.7 Å². The van der Waals surface area contributed by atoms with Crippen molar-refractivity contribution in [2.24, 2.45) is 0 Å². The molecule has 0 aliphatic carbocycles. The minimum absolute atomic E-state index is 0.0426. The van der Waals surface area contributed by atoms with Gasteiger partial charge in [-0.05, 0) is 62.6 Å². The molecule has 3 aromatic carbocycles. The van der Waals surface area contributed by atoms with Gasteiger partial charge in [0.1, 0.15) is 0 Å². The summed E-state index contributed by atoms with van der Waals surface area (Å²) in [6.45, 7) is 7.05. The number of hydrogen-bond donors (Lipinski definition) is 1. The molecule has 1 aliphatic rings. The number of alkyl halides is 2. The number of halogens is 3. The maximum absolute atomic E-state index is 15.1. The van der Waals surface area contributed by atoms with E-state index in [4.69, 9.17) is 21.3 Å². The van der Waals surface area contributed by atoms with E-state index >= 15 is 8.78 Å². The number of ether oxygens (including phenoxy) is 1. The number of aliphatic carboxylic acids is 1. The molecule has 0 amide bonds. The highest BCUT2D eigenvalue weighted by Gasteiger charge is 2.41. The summed E-state index contributed by atoms with van der Waals surface area (Å²) in [7, 11) is 0. The largest absolute Gasteiger partial charge is 0.479 e. The second-order valence-electron chi connectivity index (χ2n) is 10.5. The SMILES string of the molecule is Cc1cc2nc(N3Cc4ccccc4C(F)(F)C3)sc2c(-c2ccc(Cl)cc2)c1[C@H](OC(C)(C)C)C(=O)O. The molecule has 0 saturated heterocycles. The lowest BCUT2D eigenvalue weighted by Gasteiger charge is -2.34. The first-order valence-electron chi connectivity index (χ1n) is 12.2. The Bertz CT molecular complexity index is 1530. The van der Waals surface area contributed by atoms with Crippen LogP contribution in [0.15, 0.2) is 54.6 Å². The maximum atomic E-state index is 15.1. The van der Waals surface area contributed by atoms with Crippen LogP contribution >= 0.6 is 22.9 Å². The Balaban J connectivity index is 1.72. The number of carboxylic acids is 1. The van der Waals surface area contributed by atoms with Gasteiger partial charge < -0.3 is 14.7 Å². The Morgan fingerprint density at radius 1 is 1.18 bits per heavy atom. The van der Waals surface area contributed by atoms with E-state index in [-0.39, 0.29) is 5.56 Å². The molecule has 4 aromatic rings. The fraction of sp³-hybridized carbons (Fsp3) is 0.310. The average Bonchev–Trinajstić information content (AvgIpc) is 3.25. The molecule has 5 rings (SSSR count). The average molecular weight is 557 g/mol. The molecule has 9 heteroatoms. The number of carbonyl (C=O) groups is 1. The first kappa shape index (κ1) is 26.5. The van der Waals surface area contributed by atoms with Gasteiger partial charge in [0, 0.05) is 28.3 Å². The van der Waals surface area contributed by atoms with Gasteiger partial charge in [0.05, 0.1) is 22.4 Å². The molecule has 0 fully saturated rings. The number of hydrogen-bond acceptors (Lipinski definition) is 5. The van der Waals surface area contributed by atoms with Crippen LogP contribution in [0.5, 0.6) is 0 Å². The van der Waals surface area contributed by atoms with Crippen molar-refractivity contribution in [1.82, 2.24) is 4.98 Å². The van der Waals surface area contributed by atoms with Crippen LogP contribution in [0.3, 0.4) is 0 Å². The second kappa shape index (κ2) is 9.59. The Morgan fingerprint density at radius 2 is 1.87 bits per heavy atom. The van der Waals surface area contributed by atoms with E-state index in [1.54, 1.807) is 56.0 Å². The monoisotopic (exact) mass is 556 g/mol. The van der Waals surface area contributed by atoms with Crippen LogP contribution in [0.1, 0.15) is 49.1 Å². The number of thiazole rings is 1. The summed E-state index contributed by atoms with van der Waals surface area (Å²) in [6, 6.07) is 15.5. The van der Waals surface area contributed by atoms with Crippen molar-refractivity contribution in [2.75, 3.05) is 11.4 Å². The number of carboxylic acid groups (broad SMARTS) is 1. The van der Waals surface area contributed by atoms with Crippen LogP contribution in [0.4, 0.5) is 13.9 Å². The molecule has 198 valence electrons. The van der Waals surface area contributed by atoms with E-state index in [0.717, 1.165) is 5.56 Å². The maximum Gasteiger partial charge on any atom is 0.337 e. The molecule has 1 atom stereocenters. The highest BCUT2D eigenvalue weighted by atomic mass is 35.5. The third-order valence-corrected chi connectivity index (χ3v) is 7.84. The van der Waals surface area contributed by atoms with E-state index in [0.29, 0.717) is 49.2 Å². The molecule has 38 heavy (non-hydrogen) atoms. The number of aryl methyl sites for hydroxylation is 1. The van der Waals surface area contributed by atoms with Crippen LogP contribution in [0.2, 0.25) is 5.02 Å². The molecule has 0 saturated carbocycles. The standard InChI is InChI=1S/C29H27ClF2N2O3S/c1-16-13-21-25(38-27(33-21)34-14-18-7-5-6-8-20(18)29(31,32)15-34)23(17-9-11-19(30)12-10-17)22(16)24(26(35)36)37-28(2,3)4/h5-13,24H,14-15H2,1-4H3,(H,35,36)/t24-/m0/s1. The lowest BCUT2D eigenvalue weighted by molar-refractivity contribution is -0.160. The van der Waals surface area contributed by atoms with Gasteiger partial charge in [-0.3, -0.25) is 0 Å². The number of nitrogens with zero attached hydrogens (tertiary/aromatic N) is 2. The Hall–Kier alpha value is -3.07. The number of rotatable bonds is 5. The highest BCUT2D eigenvalue weighted by molar-refractivity contribution is 7.22. The summed E-state index contributed by atoms with van der Waals surface area (Å²) in [6.07, 6.45) is -1.25. The van der Waals surface area contributed by atoms with E-state index in [2.05, 4.69) is 0 Å². The molecule has 0 radical (unpaired) electrons. The van der Waals surface area contributed by atoms with Crippen molar-refractivity contribution in [3.05, 3.63) is 81.9 Å². The Morgan fingerprint density at radius 3 is 2.53 bits per heavy atom. The van der Waals surface area contributed by atoms with Crippen molar-refractivity contribution in [2.45, 2.75) is 51.9 Å². The van der Waals surface area contributed by atoms with Crippen molar-refractivity contribution in [3.63, 3.8) is 0 Å². The lowest BCUT2D eigenvalue weighted by atomic mass is 9.91. The number of aromatic nitrogens is 1. The molecule has 5 nitrogen and oxygen atoms in total. The number of benzene rings is 3. The molecular weight excluding hydrogens is 530 g/mol. The molecule has 0 spiro atoms. The van der Waals surface area contributed by atoms with Crippen molar-refractivity contribution in [1.29, 1.82) is 0 Å². The van der Waals surface area contributed by atoms with Gasteiger partial charge in [-0.1, -0.05) is 59.3 Å². The van der Waals surface area contributed by atoms with E-state index < -0.39 is 30.1 Å². The molecule has 0 unspecified atom stereocenters. The van der Waals surface area contributed by atoms with E-state index in [9.17, 15) is 9.90 Å². The van der Waals surface area contributed by atoms with Crippen LogP contribution in [-0.2, 0) is 22.0 Å². The molecule has 0 bridgehead atoms. The summed E-state index contributed by atoms with van der Waals surface area (Å²) in [4.78, 5) is 18.8. The van der Waals surface area contributed by atoms with Gasteiger partial charge in [0.15, 0.2) is 11.2 Å². The summed E-state index contributed by atoms with van der Waals surface area (Å²) >= 11 is 7.43. The van der Waals surface area contributed by atoms with Crippen molar-refractivity contribution < 1.29 is 23.4 Å². The van der Waals surface area contributed by atoms with Gasteiger partial charge in [-0.25, -0.2) is 9.78 Å². The van der Waals surface area contributed by atoms with E-state index in [1.807, 2.05) is 25.1 Å². The zero-order chi connectivity index (χ0) is 27.4. The Labute approximate surface area is 228 Å².